The van der Waals surface area contributed by atoms with Crippen LogP contribution in [0, 0.1) is 5.82 Å². The average Bonchev–Trinajstić information content (AvgIpc) is 2.11. The minimum Gasteiger partial charge on any atom is -0.508 e. The molecule has 70 valence electrons. The molecule has 0 heterocycles. The SMILES string of the molecule is COC(=O)Cc1c(O)cccc1F. The smallest absolute Gasteiger partial charge is 0.310 e. The van der Waals surface area contributed by atoms with Crippen LogP contribution in [-0.4, -0.2) is 18.2 Å². The van der Waals surface area contributed by atoms with E-state index in [1.807, 2.05) is 0 Å². The zero-order chi connectivity index (χ0) is 9.84. The van der Waals surface area contributed by atoms with Crippen LogP contribution in [0.15, 0.2) is 18.2 Å². The zero-order valence-electron chi connectivity index (χ0n) is 7.08. The average molecular weight is 184 g/mol. The molecule has 0 saturated carbocycles. The summed E-state index contributed by atoms with van der Waals surface area (Å²) < 4.78 is 17.3. The standard InChI is InChI=1S/C9H9FO3/c1-13-9(12)5-6-7(10)3-2-4-8(6)11/h2-4,11H,5H2,1H3. The molecule has 1 aromatic rings. The van der Waals surface area contributed by atoms with Gasteiger partial charge in [-0.1, -0.05) is 6.07 Å². The number of hydrogen-bond acceptors (Lipinski definition) is 3. The van der Waals surface area contributed by atoms with Gasteiger partial charge in [-0.05, 0) is 12.1 Å². The highest BCUT2D eigenvalue weighted by molar-refractivity contribution is 5.73. The summed E-state index contributed by atoms with van der Waals surface area (Å²) in [4.78, 5) is 10.8. The van der Waals surface area contributed by atoms with Gasteiger partial charge >= 0.3 is 5.97 Å². The number of halogens is 1. The number of hydrogen-bond donors (Lipinski definition) is 1. The van der Waals surface area contributed by atoms with E-state index in [1.165, 1.54) is 25.3 Å². The van der Waals surface area contributed by atoms with Crippen LogP contribution in [0.4, 0.5) is 4.39 Å². The van der Waals surface area contributed by atoms with Crippen LogP contribution in [0.25, 0.3) is 0 Å². The molecule has 0 amide bonds. The minimum atomic E-state index is -0.606. The quantitative estimate of drug-likeness (QED) is 0.703. The Bertz CT molecular complexity index is 302. The van der Waals surface area contributed by atoms with E-state index < -0.39 is 11.8 Å². The molecule has 1 rings (SSSR count). The lowest BCUT2D eigenvalue weighted by Crippen LogP contribution is -2.06. The molecule has 4 heteroatoms. The van der Waals surface area contributed by atoms with E-state index in [2.05, 4.69) is 4.74 Å². The third kappa shape index (κ3) is 2.18. The summed E-state index contributed by atoms with van der Waals surface area (Å²) in [6.45, 7) is 0. The van der Waals surface area contributed by atoms with E-state index in [0.29, 0.717) is 0 Å². The maximum atomic E-state index is 13.0. The van der Waals surface area contributed by atoms with Crippen molar-refractivity contribution in [3.63, 3.8) is 0 Å². The minimum absolute atomic E-state index is 0.0330. The second kappa shape index (κ2) is 3.89. The molecular formula is C9H9FO3. The van der Waals surface area contributed by atoms with Crippen molar-refractivity contribution < 1.29 is 19.0 Å². The van der Waals surface area contributed by atoms with Gasteiger partial charge in [0.25, 0.3) is 0 Å². The topological polar surface area (TPSA) is 46.5 Å². The Morgan fingerprint density at radius 2 is 2.31 bits per heavy atom. The number of phenols is 1. The van der Waals surface area contributed by atoms with Gasteiger partial charge in [0, 0.05) is 5.56 Å². The fraction of sp³-hybridized carbons (Fsp3) is 0.222. The van der Waals surface area contributed by atoms with Crippen molar-refractivity contribution in [1.82, 2.24) is 0 Å². The number of esters is 1. The summed E-state index contributed by atoms with van der Waals surface area (Å²) in [5, 5.41) is 9.19. The van der Waals surface area contributed by atoms with Crippen molar-refractivity contribution in [2.75, 3.05) is 7.11 Å². The maximum absolute atomic E-state index is 13.0. The summed E-state index contributed by atoms with van der Waals surface area (Å²) in [5.41, 5.74) is -0.0330. The van der Waals surface area contributed by atoms with Crippen molar-refractivity contribution in [3.8, 4) is 5.75 Å². The molecule has 3 nitrogen and oxygen atoms in total. The fourth-order valence-electron chi connectivity index (χ4n) is 0.939. The first-order valence-electron chi connectivity index (χ1n) is 3.68. The van der Waals surface area contributed by atoms with Gasteiger partial charge in [-0.15, -0.1) is 0 Å². The van der Waals surface area contributed by atoms with E-state index in [4.69, 9.17) is 0 Å². The van der Waals surface area contributed by atoms with Gasteiger partial charge in [0.15, 0.2) is 0 Å². The van der Waals surface area contributed by atoms with Gasteiger partial charge in [-0.25, -0.2) is 4.39 Å². The number of methoxy groups -OCH3 is 1. The third-order valence-corrected chi connectivity index (χ3v) is 1.64. The molecule has 13 heavy (non-hydrogen) atoms. The molecule has 0 spiro atoms. The Morgan fingerprint density at radius 3 is 2.85 bits per heavy atom. The summed E-state index contributed by atoms with van der Waals surface area (Å²) in [5.74, 6) is -1.42. The Balaban J connectivity index is 2.93. The van der Waals surface area contributed by atoms with Gasteiger partial charge in [0.05, 0.1) is 13.5 Å². The van der Waals surface area contributed by atoms with Crippen molar-refractivity contribution in [1.29, 1.82) is 0 Å². The van der Waals surface area contributed by atoms with Crippen LogP contribution < -0.4 is 0 Å². The van der Waals surface area contributed by atoms with Crippen molar-refractivity contribution in [3.05, 3.63) is 29.6 Å². The monoisotopic (exact) mass is 184 g/mol. The Hall–Kier alpha value is -1.58. The first-order valence-corrected chi connectivity index (χ1v) is 3.68. The van der Waals surface area contributed by atoms with E-state index >= 15 is 0 Å². The maximum Gasteiger partial charge on any atom is 0.310 e. The lowest BCUT2D eigenvalue weighted by atomic mass is 10.1. The van der Waals surface area contributed by atoms with Gasteiger partial charge in [-0.3, -0.25) is 4.79 Å². The number of ether oxygens (including phenoxy) is 1. The van der Waals surface area contributed by atoms with E-state index in [-0.39, 0.29) is 17.7 Å². The lowest BCUT2D eigenvalue weighted by molar-refractivity contribution is -0.139. The first kappa shape index (κ1) is 9.51. The first-order chi connectivity index (χ1) is 6.15. The molecule has 1 N–H and O–H groups in total. The number of benzene rings is 1. The third-order valence-electron chi connectivity index (χ3n) is 1.64. The highest BCUT2D eigenvalue weighted by atomic mass is 19.1. The zero-order valence-corrected chi connectivity index (χ0v) is 7.08. The predicted octanol–water partition coefficient (Wildman–Crippen LogP) is 1.25. The van der Waals surface area contributed by atoms with E-state index in [9.17, 15) is 14.3 Å². The van der Waals surface area contributed by atoms with Crippen LogP contribution in [-0.2, 0) is 16.0 Å². The molecule has 0 aliphatic rings. The van der Waals surface area contributed by atoms with Crippen LogP contribution in [0.2, 0.25) is 0 Å². The molecule has 0 aliphatic carbocycles. The highest BCUT2D eigenvalue weighted by Gasteiger charge is 2.11. The summed E-state index contributed by atoms with van der Waals surface area (Å²) in [6.07, 6.45) is -0.255. The summed E-state index contributed by atoms with van der Waals surface area (Å²) >= 11 is 0. The molecule has 0 bridgehead atoms. The molecule has 0 unspecified atom stereocenters. The molecule has 0 radical (unpaired) electrons. The Kier molecular flexibility index (Phi) is 2.84. The number of carbonyl (C=O) groups is 1. The second-order valence-corrected chi connectivity index (χ2v) is 2.49. The van der Waals surface area contributed by atoms with Crippen LogP contribution >= 0.6 is 0 Å². The van der Waals surface area contributed by atoms with E-state index in [0.717, 1.165) is 0 Å². The summed E-state index contributed by atoms with van der Waals surface area (Å²) in [6, 6.07) is 3.87. The molecule has 0 aromatic heterocycles. The Labute approximate surface area is 74.8 Å². The number of aromatic hydroxyl groups is 1. The van der Waals surface area contributed by atoms with Crippen molar-refractivity contribution in [2.45, 2.75) is 6.42 Å². The molecule has 0 aliphatic heterocycles. The van der Waals surface area contributed by atoms with Crippen LogP contribution in [0.1, 0.15) is 5.56 Å². The van der Waals surface area contributed by atoms with Gasteiger partial charge in [-0.2, -0.15) is 0 Å². The molecule has 0 fully saturated rings. The Morgan fingerprint density at radius 1 is 1.62 bits per heavy atom. The fourth-order valence-corrected chi connectivity index (χ4v) is 0.939. The second-order valence-electron chi connectivity index (χ2n) is 2.49. The van der Waals surface area contributed by atoms with Gasteiger partial charge in [0.2, 0.25) is 0 Å². The van der Waals surface area contributed by atoms with Gasteiger partial charge < -0.3 is 9.84 Å². The molecule has 0 saturated heterocycles. The largest absolute Gasteiger partial charge is 0.508 e. The van der Waals surface area contributed by atoms with Gasteiger partial charge in [0.1, 0.15) is 11.6 Å². The van der Waals surface area contributed by atoms with E-state index in [1.54, 1.807) is 0 Å². The molecule has 1 aromatic carbocycles. The highest BCUT2D eigenvalue weighted by Crippen LogP contribution is 2.20. The number of rotatable bonds is 2. The van der Waals surface area contributed by atoms with Crippen LogP contribution in [0.3, 0.4) is 0 Å². The predicted molar refractivity (Wildman–Crippen MR) is 43.8 cm³/mol. The molecule has 0 atom stereocenters. The lowest BCUT2D eigenvalue weighted by Gasteiger charge is -2.03. The molecular weight excluding hydrogens is 175 g/mol. The van der Waals surface area contributed by atoms with Crippen LogP contribution in [0.5, 0.6) is 5.75 Å². The summed E-state index contributed by atoms with van der Waals surface area (Å²) in [7, 11) is 1.21. The number of phenolic OH excluding ortho intramolecular Hbond substituents is 1. The van der Waals surface area contributed by atoms with Crippen molar-refractivity contribution >= 4 is 5.97 Å². The normalized spacial score (nSPS) is 9.69. The number of carbonyl (C=O) groups excluding carboxylic acids is 1. The van der Waals surface area contributed by atoms with Crippen molar-refractivity contribution in [2.24, 2.45) is 0 Å².